The van der Waals surface area contributed by atoms with Gasteiger partial charge in [-0.2, -0.15) is 0 Å². The van der Waals surface area contributed by atoms with Gasteiger partial charge in [0.2, 0.25) is 0 Å². The Morgan fingerprint density at radius 1 is 1.08 bits per heavy atom. The van der Waals surface area contributed by atoms with Crippen LogP contribution in [0.1, 0.15) is 60.3 Å². The summed E-state index contributed by atoms with van der Waals surface area (Å²) in [5.74, 6) is -0.357. The predicted octanol–water partition coefficient (Wildman–Crippen LogP) is 6.64. The van der Waals surface area contributed by atoms with Crippen LogP contribution in [0.2, 0.25) is 0 Å². The molecule has 0 radical (unpaired) electrons. The Hall–Kier alpha value is -2.09. The zero-order valence-corrected chi connectivity index (χ0v) is 16.6. The summed E-state index contributed by atoms with van der Waals surface area (Å²) in [6, 6.07) is 0. The minimum absolute atomic E-state index is 0.357. The van der Waals surface area contributed by atoms with Gasteiger partial charge in [0, 0.05) is 5.57 Å². The summed E-state index contributed by atoms with van der Waals surface area (Å²) >= 11 is 0. The van der Waals surface area contributed by atoms with E-state index in [1.807, 2.05) is 32.1 Å². The van der Waals surface area contributed by atoms with Crippen molar-refractivity contribution in [3.63, 3.8) is 0 Å². The highest BCUT2D eigenvalue weighted by Gasteiger charge is 2.15. The summed E-state index contributed by atoms with van der Waals surface area (Å²) < 4.78 is 5.51. The lowest BCUT2D eigenvalue weighted by Gasteiger charge is -2.16. The average molecular weight is 343 g/mol. The number of esters is 1. The van der Waals surface area contributed by atoms with Crippen LogP contribution >= 0.6 is 0 Å². The first-order valence-electron chi connectivity index (χ1n) is 8.94. The van der Waals surface area contributed by atoms with E-state index in [1.54, 1.807) is 6.08 Å². The molecule has 25 heavy (non-hydrogen) atoms. The third-order valence-electron chi connectivity index (χ3n) is 3.79. The highest BCUT2D eigenvalue weighted by atomic mass is 16.5. The quantitative estimate of drug-likeness (QED) is 0.182. The molecule has 0 spiro atoms. The average Bonchev–Trinajstić information content (AvgIpc) is 2.57. The Kier molecular flexibility index (Phi) is 12.1. The van der Waals surface area contributed by atoms with Crippen LogP contribution in [0.5, 0.6) is 0 Å². The van der Waals surface area contributed by atoms with Crippen molar-refractivity contribution >= 4 is 5.97 Å². The summed E-state index contributed by atoms with van der Waals surface area (Å²) in [6.07, 6.45) is 14.9. The zero-order chi connectivity index (χ0) is 19.2. The Bertz CT molecular complexity index is 567. The molecule has 0 N–H and O–H groups in total. The van der Waals surface area contributed by atoms with Crippen LogP contribution in [0.15, 0.2) is 71.9 Å². The molecular weight excluding hydrogens is 308 g/mol. The van der Waals surface area contributed by atoms with Crippen molar-refractivity contribution in [2.75, 3.05) is 0 Å². The zero-order valence-electron chi connectivity index (χ0n) is 16.6. The van der Waals surface area contributed by atoms with E-state index >= 15 is 0 Å². The van der Waals surface area contributed by atoms with Crippen LogP contribution in [0.4, 0.5) is 0 Å². The molecule has 0 aromatic heterocycles. The van der Waals surface area contributed by atoms with Gasteiger partial charge >= 0.3 is 5.97 Å². The fraction of sp³-hybridized carbons (Fsp3) is 0.435. The summed E-state index contributed by atoms with van der Waals surface area (Å²) in [5.41, 5.74) is 4.09. The summed E-state index contributed by atoms with van der Waals surface area (Å²) in [4.78, 5) is 12.2. The maximum absolute atomic E-state index is 12.2. The number of ether oxygens (including phenoxy) is 1. The maximum atomic E-state index is 12.2. The minimum Gasteiger partial charge on any atom is -0.450 e. The number of rotatable bonds is 11. The van der Waals surface area contributed by atoms with Crippen molar-refractivity contribution in [1.82, 2.24) is 0 Å². The van der Waals surface area contributed by atoms with Gasteiger partial charge in [-0.1, -0.05) is 54.7 Å². The molecule has 2 heteroatoms. The molecule has 138 valence electrons. The number of hydrogen-bond donors (Lipinski definition) is 0. The SMILES string of the molecule is C=CC(OC(=O)C(=C)CC/C=C(\C)CCC=C(C)C)C(/C=C\C)=C/C. The highest BCUT2D eigenvalue weighted by molar-refractivity contribution is 5.88. The van der Waals surface area contributed by atoms with Gasteiger partial charge in [0.05, 0.1) is 0 Å². The number of hydrogen-bond acceptors (Lipinski definition) is 2. The van der Waals surface area contributed by atoms with Crippen LogP contribution in [0.3, 0.4) is 0 Å². The van der Waals surface area contributed by atoms with Crippen molar-refractivity contribution in [3.8, 4) is 0 Å². The molecule has 0 saturated carbocycles. The Balaban J connectivity index is 4.49. The second-order valence-electron chi connectivity index (χ2n) is 6.36. The molecule has 0 heterocycles. The van der Waals surface area contributed by atoms with Crippen LogP contribution in [-0.2, 0) is 9.53 Å². The van der Waals surface area contributed by atoms with Crippen molar-refractivity contribution in [3.05, 3.63) is 71.9 Å². The van der Waals surface area contributed by atoms with E-state index in [2.05, 4.69) is 46.1 Å². The van der Waals surface area contributed by atoms with Crippen LogP contribution in [0, 0.1) is 0 Å². The molecule has 0 fully saturated rings. The van der Waals surface area contributed by atoms with E-state index in [-0.39, 0.29) is 5.97 Å². The van der Waals surface area contributed by atoms with Gasteiger partial charge in [-0.3, -0.25) is 0 Å². The highest BCUT2D eigenvalue weighted by Crippen LogP contribution is 2.15. The molecule has 0 aliphatic carbocycles. The van der Waals surface area contributed by atoms with E-state index < -0.39 is 6.10 Å². The standard InChI is InChI=1S/C23H34O2/c1-8-13-21(9-2)22(10-3)25-23(24)20(7)17-12-16-19(6)15-11-14-18(4)5/h8-10,13-14,16,22H,3,7,11-12,15,17H2,1-2,4-6H3/b13-8-,19-16+,21-9+. The molecule has 0 bridgehead atoms. The van der Waals surface area contributed by atoms with Crippen LogP contribution in [-0.4, -0.2) is 12.1 Å². The monoisotopic (exact) mass is 342 g/mol. The third-order valence-corrected chi connectivity index (χ3v) is 3.79. The second-order valence-corrected chi connectivity index (χ2v) is 6.36. The van der Waals surface area contributed by atoms with Gasteiger partial charge in [0.15, 0.2) is 0 Å². The summed E-state index contributed by atoms with van der Waals surface area (Å²) in [6.45, 7) is 17.8. The molecule has 0 aliphatic rings. The lowest BCUT2D eigenvalue weighted by Crippen LogP contribution is -2.18. The topological polar surface area (TPSA) is 26.3 Å². The molecule has 1 unspecified atom stereocenters. The van der Waals surface area contributed by atoms with E-state index in [0.717, 1.165) is 24.8 Å². The maximum Gasteiger partial charge on any atom is 0.334 e. The van der Waals surface area contributed by atoms with Crippen LogP contribution < -0.4 is 0 Å². The first-order valence-corrected chi connectivity index (χ1v) is 8.94. The molecule has 0 aromatic carbocycles. The van der Waals surface area contributed by atoms with E-state index in [0.29, 0.717) is 12.0 Å². The molecule has 0 rings (SSSR count). The first-order chi connectivity index (χ1) is 11.8. The largest absolute Gasteiger partial charge is 0.450 e. The minimum atomic E-state index is -0.438. The van der Waals surface area contributed by atoms with Gasteiger partial charge in [0.1, 0.15) is 6.10 Å². The van der Waals surface area contributed by atoms with E-state index in [4.69, 9.17) is 4.74 Å². The number of carbonyl (C=O) groups is 1. The fourth-order valence-corrected chi connectivity index (χ4v) is 2.28. The van der Waals surface area contributed by atoms with Crippen molar-refractivity contribution in [2.45, 2.75) is 66.4 Å². The van der Waals surface area contributed by atoms with Crippen LogP contribution in [0.25, 0.3) is 0 Å². The molecule has 0 aromatic rings. The Morgan fingerprint density at radius 3 is 2.24 bits per heavy atom. The molecule has 2 nitrogen and oxygen atoms in total. The predicted molar refractivity (Wildman–Crippen MR) is 109 cm³/mol. The summed E-state index contributed by atoms with van der Waals surface area (Å²) in [7, 11) is 0. The third kappa shape index (κ3) is 10.4. The van der Waals surface area contributed by atoms with E-state index in [1.165, 1.54) is 11.1 Å². The van der Waals surface area contributed by atoms with Crippen molar-refractivity contribution < 1.29 is 9.53 Å². The van der Waals surface area contributed by atoms with E-state index in [9.17, 15) is 4.79 Å². The second kappa shape index (κ2) is 13.2. The molecule has 0 aliphatic heterocycles. The van der Waals surface area contributed by atoms with Gasteiger partial charge in [-0.25, -0.2) is 4.79 Å². The number of allylic oxidation sites excluding steroid dienone is 6. The lowest BCUT2D eigenvalue weighted by atomic mass is 10.1. The molecule has 1 atom stereocenters. The van der Waals surface area contributed by atoms with Gasteiger partial charge in [-0.15, -0.1) is 0 Å². The van der Waals surface area contributed by atoms with Gasteiger partial charge < -0.3 is 4.74 Å². The fourth-order valence-electron chi connectivity index (χ4n) is 2.28. The van der Waals surface area contributed by atoms with Gasteiger partial charge in [-0.05, 0) is 72.0 Å². The first kappa shape index (κ1) is 22.9. The normalized spacial score (nSPS) is 13.5. The smallest absolute Gasteiger partial charge is 0.334 e. The molecule has 0 saturated heterocycles. The van der Waals surface area contributed by atoms with Crippen molar-refractivity contribution in [1.29, 1.82) is 0 Å². The van der Waals surface area contributed by atoms with Crippen molar-refractivity contribution in [2.24, 2.45) is 0 Å². The molecule has 0 amide bonds. The Labute approximate surface area is 154 Å². The Morgan fingerprint density at radius 2 is 1.72 bits per heavy atom. The molecular formula is C23H34O2. The van der Waals surface area contributed by atoms with Gasteiger partial charge in [0.25, 0.3) is 0 Å². The number of carbonyl (C=O) groups excluding carboxylic acids is 1. The lowest BCUT2D eigenvalue weighted by molar-refractivity contribution is -0.140. The summed E-state index contributed by atoms with van der Waals surface area (Å²) in [5, 5.41) is 0.